The zero-order valence-electron chi connectivity index (χ0n) is 15.0. The topological polar surface area (TPSA) is 54.7 Å². The average molecular weight is 356 g/mol. The van der Waals surface area contributed by atoms with Crippen LogP contribution in [0.1, 0.15) is 50.2 Å². The SMILES string of the molecule is CCC(C)c1cccc2c(CCCCN)c(-c3ccncc3Cl)[nH]c12. The second kappa shape index (κ2) is 8.03. The molecule has 0 saturated heterocycles. The quantitative estimate of drug-likeness (QED) is 0.536. The molecule has 2 heterocycles. The Hall–Kier alpha value is -1.84. The maximum absolute atomic E-state index is 6.45. The van der Waals surface area contributed by atoms with Crippen LogP contribution in [0.5, 0.6) is 0 Å². The van der Waals surface area contributed by atoms with Gasteiger partial charge in [-0.1, -0.05) is 43.6 Å². The van der Waals surface area contributed by atoms with Gasteiger partial charge < -0.3 is 10.7 Å². The molecular weight excluding hydrogens is 330 g/mol. The summed E-state index contributed by atoms with van der Waals surface area (Å²) in [7, 11) is 0. The van der Waals surface area contributed by atoms with Gasteiger partial charge in [-0.05, 0) is 55.3 Å². The summed E-state index contributed by atoms with van der Waals surface area (Å²) in [6.07, 6.45) is 7.72. The first-order valence-corrected chi connectivity index (χ1v) is 9.48. The molecule has 0 amide bonds. The van der Waals surface area contributed by atoms with Gasteiger partial charge in [-0.3, -0.25) is 4.98 Å². The number of aryl methyl sites for hydroxylation is 1. The summed E-state index contributed by atoms with van der Waals surface area (Å²) in [6, 6.07) is 8.60. The first-order chi connectivity index (χ1) is 12.2. The maximum atomic E-state index is 6.45. The third-order valence-electron chi connectivity index (χ3n) is 5.04. The second-order valence-corrected chi connectivity index (χ2v) is 7.07. The standard InChI is InChI=1S/C21H26ClN3/c1-3-14(2)15-8-6-9-17-16(7-4-5-11-23)21(25-20(15)17)18-10-12-24-13-19(18)22/h6,8-10,12-14,25H,3-5,7,11,23H2,1-2H3. The number of rotatable bonds is 7. The van der Waals surface area contributed by atoms with Gasteiger partial charge in [0.25, 0.3) is 0 Å². The molecule has 25 heavy (non-hydrogen) atoms. The molecule has 0 aliphatic heterocycles. The van der Waals surface area contributed by atoms with Crippen LogP contribution in [0.2, 0.25) is 5.02 Å². The van der Waals surface area contributed by atoms with Crippen LogP contribution in [0.3, 0.4) is 0 Å². The number of aromatic amines is 1. The highest BCUT2D eigenvalue weighted by atomic mass is 35.5. The van der Waals surface area contributed by atoms with Gasteiger partial charge in [0.2, 0.25) is 0 Å². The number of halogens is 1. The zero-order valence-corrected chi connectivity index (χ0v) is 15.7. The van der Waals surface area contributed by atoms with Crippen LogP contribution in [0.25, 0.3) is 22.2 Å². The number of nitrogens with zero attached hydrogens (tertiary/aromatic N) is 1. The Morgan fingerprint density at radius 2 is 2.08 bits per heavy atom. The molecule has 0 aliphatic rings. The predicted octanol–water partition coefficient (Wildman–Crippen LogP) is 5.68. The number of unbranched alkanes of at least 4 members (excludes halogenated alkanes) is 1. The number of nitrogens with two attached hydrogens (primary N) is 1. The molecule has 3 N–H and O–H groups in total. The van der Waals surface area contributed by atoms with E-state index in [1.165, 1.54) is 22.0 Å². The van der Waals surface area contributed by atoms with E-state index in [1.807, 2.05) is 6.07 Å². The van der Waals surface area contributed by atoms with Gasteiger partial charge in [-0.25, -0.2) is 0 Å². The lowest BCUT2D eigenvalue weighted by Crippen LogP contribution is -1.99. The van der Waals surface area contributed by atoms with E-state index in [0.717, 1.165) is 43.5 Å². The van der Waals surface area contributed by atoms with Crippen molar-refractivity contribution in [2.45, 2.75) is 45.4 Å². The van der Waals surface area contributed by atoms with E-state index < -0.39 is 0 Å². The van der Waals surface area contributed by atoms with Crippen molar-refractivity contribution in [2.75, 3.05) is 6.54 Å². The fourth-order valence-corrected chi connectivity index (χ4v) is 3.65. The smallest absolute Gasteiger partial charge is 0.0682 e. The van der Waals surface area contributed by atoms with Gasteiger partial charge in [0.15, 0.2) is 0 Å². The van der Waals surface area contributed by atoms with E-state index in [-0.39, 0.29) is 0 Å². The van der Waals surface area contributed by atoms with Crippen molar-refractivity contribution < 1.29 is 0 Å². The summed E-state index contributed by atoms with van der Waals surface area (Å²) in [5.74, 6) is 0.514. The Balaban J connectivity index is 2.20. The Labute approximate surface area is 154 Å². The van der Waals surface area contributed by atoms with E-state index in [4.69, 9.17) is 17.3 Å². The fourth-order valence-electron chi connectivity index (χ4n) is 3.44. The van der Waals surface area contributed by atoms with Crippen LogP contribution in [-0.4, -0.2) is 16.5 Å². The highest BCUT2D eigenvalue weighted by Crippen LogP contribution is 2.37. The molecule has 0 saturated carbocycles. The van der Waals surface area contributed by atoms with Gasteiger partial charge in [-0.2, -0.15) is 0 Å². The average Bonchev–Trinajstić information content (AvgIpc) is 3.00. The third kappa shape index (κ3) is 3.58. The van der Waals surface area contributed by atoms with Gasteiger partial charge in [0.05, 0.1) is 10.7 Å². The minimum absolute atomic E-state index is 0.514. The van der Waals surface area contributed by atoms with Crippen molar-refractivity contribution in [2.24, 2.45) is 5.73 Å². The molecule has 0 bridgehead atoms. The number of benzene rings is 1. The maximum Gasteiger partial charge on any atom is 0.0682 e. The monoisotopic (exact) mass is 355 g/mol. The molecule has 2 aromatic heterocycles. The van der Waals surface area contributed by atoms with Gasteiger partial charge in [-0.15, -0.1) is 0 Å². The molecule has 3 nitrogen and oxygen atoms in total. The van der Waals surface area contributed by atoms with Gasteiger partial charge in [0.1, 0.15) is 0 Å². The molecule has 0 spiro atoms. The summed E-state index contributed by atoms with van der Waals surface area (Å²) in [4.78, 5) is 7.81. The Kier molecular flexibility index (Phi) is 5.77. The van der Waals surface area contributed by atoms with Crippen molar-refractivity contribution in [1.29, 1.82) is 0 Å². The molecule has 3 rings (SSSR count). The van der Waals surface area contributed by atoms with Crippen LogP contribution in [0.4, 0.5) is 0 Å². The summed E-state index contributed by atoms with van der Waals surface area (Å²) >= 11 is 6.45. The normalized spacial score (nSPS) is 12.6. The van der Waals surface area contributed by atoms with Crippen molar-refractivity contribution >= 4 is 22.5 Å². The van der Waals surface area contributed by atoms with Gasteiger partial charge in [0, 0.05) is 28.9 Å². The Morgan fingerprint density at radius 3 is 2.80 bits per heavy atom. The minimum Gasteiger partial charge on any atom is -0.354 e. The number of H-pyrrole nitrogens is 1. The number of hydrogen-bond donors (Lipinski definition) is 2. The van der Waals surface area contributed by atoms with Crippen LogP contribution in [0, 0.1) is 0 Å². The number of pyridine rings is 1. The lowest BCUT2D eigenvalue weighted by atomic mass is 9.94. The summed E-state index contributed by atoms with van der Waals surface area (Å²) in [6.45, 7) is 5.24. The molecule has 1 aromatic carbocycles. The molecule has 3 aromatic rings. The summed E-state index contributed by atoms with van der Waals surface area (Å²) < 4.78 is 0. The molecule has 1 atom stereocenters. The van der Waals surface area contributed by atoms with Crippen LogP contribution in [-0.2, 0) is 6.42 Å². The Morgan fingerprint density at radius 1 is 1.24 bits per heavy atom. The number of nitrogens with one attached hydrogen (secondary N) is 1. The first kappa shape index (κ1) is 18.0. The minimum atomic E-state index is 0.514. The van der Waals surface area contributed by atoms with Crippen LogP contribution < -0.4 is 5.73 Å². The number of aromatic nitrogens is 2. The Bertz CT molecular complexity index is 853. The zero-order chi connectivity index (χ0) is 17.8. The van der Waals surface area contributed by atoms with E-state index in [1.54, 1.807) is 12.4 Å². The molecule has 1 unspecified atom stereocenters. The molecule has 0 fully saturated rings. The summed E-state index contributed by atoms with van der Waals surface area (Å²) in [5.41, 5.74) is 11.8. The number of para-hydroxylation sites is 1. The number of hydrogen-bond acceptors (Lipinski definition) is 2. The lowest BCUT2D eigenvalue weighted by Gasteiger charge is -2.10. The molecule has 0 radical (unpaired) electrons. The number of fused-ring (bicyclic) bond motifs is 1. The van der Waals surface area contributed by atoms with Crippen molar-refractivity contribution in [3.05, 3.63) is 52.8 Å². The third-order valence-corrected chi connectivity index (χ3v) is 5.34. The molecular formula is C21H26ClN3. The van der Waals surface area contributed by atoms with Crippen LogP contribution in [0.15, 0.2) is 36.7 Å². The largest absolute Gasteiger partial charge is 0.354 e. The van der Waals surface area contributed by atoms with Crippen molar-refractivity contribution in [3.8, 4) is 11.3 Å². The highest BCUT2D eigenvalue weighted by Gasteiger charge is 2.18. The molecule has 0 aliphatic carbocycles. The van der Waals surface area contributed by atoms with Crippen molar-refractivity contribution in [3.63, 3.8) is 0 Å². The van der Waals surface area contributed by atoms with E-state index in [9.17, 15) is 0 Å². The van der Waals surface area contributed by atoms with E-state index in [2.05, 4.69) is 42.0 Å². The van der Waals surface area contributed by atoms with Gasteiger partial charge >= 0.3 is 0 Å². The van der Waals surface area contributed by atoms with Crippen LogP contribution >= 0.6 is 11.6 Å². The second-order valence-electron chi connectivity index (χ2n) is 6.66. The first-order valence-electron chi connectivity index (χ1n) is 9.10. The fraction of sp³-hybridized carbons (Fsp3) is 0.381. The predicted molar refractivity (Wildman–Crippen MR) is 107 cm³/mol. The molecule has 132 valence electrons. The lowest BCUT2D eigenvalue weighted by molar-refractivity contribution is 0.738. The highest BCUT2D eigenvalue weighted by molar-refractivity contribution is 6.33. The molecule has 4 heteroatoms. The van der Waals surface area contributed by atoms with Crippen molar-refractivity contribution in [1.82, 2.24) is 9.97 Å². The van der Waals surface area contributed by atoms with E-state index >= 15 is 0 Å². The van der Waals surface area contributed by atoms with E-state index in [0.29, 0.717) is 10.9 Å². The summed E-state index contributed by atoms with van der Waals surface area (Å²) in [5, 5.41) is 1.98.